The number of hydrogen-bond donors (Lipinski definition) is 0. The molecule has 0 heterocycles. The van der Waals surface area contributed by atoms with E-state index in [1.165, 1.54) is 12.1 Å². The van der Waals surface area contributed by atoms with Crippen molar-refractivity contribution in [1.82, 2.24) is 0 Å². The standard InChI is InChI=1S/C10H12FIOS/c1-3-14-6-13-10-7(2)4-8(11)5-9(10)12/h4-5H,3,6H2,1-2H3. The summed E-state index contributed by atoms with van der Waals surface area (Å²) in [5.41, 5.74) is 0.853. The summed E-state index contributed by atoms with van der Waals surface area (Å²) >= 11 is 3.79. The minimum atomic E-state index is -0.206. The zero-order valence-corrected chi connectivity index (χ0v) is 11.1. The van der Waals surface area contributed by atoms with Crippen LogP contribution in [0.15, 0.2) is 12.1 Å². The quantitative estimate of drug-likeness (QED) is 0.472. The Bertz CT molecular complexity index is 294. The first-order chi connectivity index (χ1) is 6.65. The van der Waals surface area contributed by atoms with E-state index in [4.69, 9.17) is 4.74 Å². The maximum Gasteiger partial charge on any atom is 0.137 e. The van der Waals surface area contributed by atoms with Crippen LogP contribution in [0.4, 0.5) is 4.39 Å². The molecule has 0 N–H and O–H groups in total. The van der Waals surface area contributed by atoms with Crippen LogP contribution in [0.3, 0.4) is 0 Å². The van der Waals surface area contributed by atoms with Gasteiger partial charge in [-0.05, 0) is 53.0 Å². The molecular formula is C10H12FIOS. The van der Waals surface area contributed by atoms with Crippen LogP contribution in [0.2, 0.25) is 0 Å². The van der Waals surface area contributed by atoms with Gasteiger partial charge >= 0.3 is 0 Å². The van der Waals surface area contributed by atoms with E-state index in [1.54, 1.807) is 11.8 Å². The van der Waals surface area contributed by atoms with Crippen molar-refractivity contribution in [3.8, 4) is 5.75 Å². The zero-order chi connectivity index (χ0) is 10.6. The van der Waals surface area contributed by atoms with E-state index in [-0.39, 0.29) is 5.82 Å². The highest BCUT2D eigenvalue weighted by molar-refractivity contribution is 14.1. The number of ether oxygens (including phenoxy) is 1. The van der Waals surface area contributed by atoms with Gasteiger partial charge in [0.05, 0.1) is 3.57 Å². The summed E-state index contributed by atoms with van der Waals surface area (Å²) in [6.45, 7) is 3.94. The molecule has 0 amide bonds. The maximum absolute atomic E-state index is 12.9. The minimum Gasteiger partial charge on any atom is -0.482 e. The fraction of sp³-hybridized carbons (Fsp3) is 0.400. The number of benzene rings is 1. The van der Waals surface area contributed by atoms with Gasteiger partial charge < -0.3 is 4.74 Å². The van der Waals surface area contributed by atoms with Gasteiger partial charge in [-0.25, -0.2) is 4.39 Å². The summed E-state index contributed by atoms with van der Waals surface area (Å²) in [5.74, 6) is 2.24. The minimum absolute atomic E-state index is 0.206. The first-order valence-corrected chi connectivity index (χ1v) is 6.54. The molecule has 4 heteroatoms. The second-order valence-electron chi connectivity index (χ2n) is 2.79. The Balaban J connectivity index is 2.75. The number of rotatable bonds is 4. The van der Waals surface area contributed by atoms with Crippen LogP contribution in [0.25, 0.3) is 0 Å². The molecule has 0 unspecified atom stereocenters. The van der Waals surface area contributed by atoms with E-state index in [1.807, 2.05) is 6.92 Å². The van der Waals surface area contributed by atoms with E-state index in [0.29, 0.717) is 5.94 Å². The highest BCUT2D eigenvalue weighted by Crippen LogP contribution is 2.27. The summed E-state index contributed by atoms with van der Waals surface area (Å²) in [6.07, 6.45) is 0. The van der Waals surface area contributed by atoms with E-state index in [0.717, 1.165) is 20.6 Å². The molecule has 0 saturated heterocycles. The van der Waals surface area contributed by atoms with Crippen LogP contribution in [0.1, 0.15) is 12.5 Å². The van der Waals surface area contributed by atoms with Crippen LogP contribution in [0.5, 0.6) is 5.75 Å². The highest BCUT2D eigenvalue weighted by atomic mass is 127. The molecule has 0 aliphatic rings. The van der Waals surface area contributed by atoms with Crippen molar-refractivity contribution >= 4 is 34.4 Å². The summed E-state index contributed by atoms with van der Waals surface area (Å²) in [6, 6.07) is 2.98. The Kier molecular flexibility index (Phi) is 5.01. The lowest BCUT2D eigenvalue weighted by molar-refractivity contribution is 0.386. The highest BCUT2D eigenvalue weighted by Gasteiger charge is 2.07. The first kappa shape index (κ1) is 12.1. The third-order valence-corrected chi connectivity index (χ3v) is 3.18. The Morgan fingerprint density at radius 3 is 2.79 bits per heavy atom. The molecule has 0 aliphatic carbocycles. The number of halogens is 2. The average molecular weight is 326 g/mol. The van der Waals surface area contributed by atoms with Crippen LogP contribution >= 0.6 is 34.4 Å². The Labute approximate surface area is 102 Å². The van der Waals surface area contributed by atoms with Gasteiger partial charge in [-0.15, -0.1) is 11.8 Å². The van der Waals surface area contributed by atoms with Crippen molar-refractivity contribution in [2.24, 2.45) is 0 Å². The van der Waals surface area contributed by atoms with Gasteiger partial charge in [0.15, 0.2) is 0 Å². The molecule has 0 fully saturated rings. The van der Waals surface area contributed by atoms with Gasteiger partial charge in [0.25, 0.3) is 0 Å². The molecule has 0 radical (unpaired) electrons. The van der Waals surface area contributed by atoms with Gasteiger partial charge in [0.2, 0.25) is 0 Å². The van der Waals surface area contributed by atoms with Gasteiger partial charge in [-0.3, -0.25) is 0 Å². The molecule has 1 aromatic rings. The van der Waals surface area contributed by atoms with Gasteiger partial charge in [-0.1, -0.05) is 6.92 Å². The fourth-order valence-corrected chi connectivity index (χ4v) is 2.30. The van der Waals surface area contributed by atoms with E-state index in [9.17, 15) is 4.39 Å². The molecule has 78 valence electrons. The van der Waals surface area contributed by atoms with Crippen molar-refractivity contribution < 1.29 is 9.13 Å². The fourth-order valence-electron chi connectivity index (χ4n) is 1.06. The second kappa shape index (κ2) is 5.80. The predicted octanol–water partition coefficient (Wildman–Crippen LogP) is 3.83. The Morgan fingerprint density at radius 2 is 2.21 bits per heavy atom. The maximum atomic E-state index is 12.9. The van der Waals surface area contributed by atoms with Crippen molar-refractivity contribution in [2.45, 2.75) is 13.8 Å². The molecule has 1 aromatic carbocycles. The molecule has 0 saturated carbocycles. The van der Waals surface area contributed by atoms with E-state index < -0.39 is 0 Å². The molecular weight excluding hydrogens is 314 g/mol. The molecule has 0 atom stereocenters. The smallest absolute Gasteiger partial charge is 0.137 e. The van der Waals surface area contributed by atoms with Gasteiger partial charge in [0, 0.05) is 0 Å². The normalized spacial score (nSPS) is 10.3. The first-order valence-electron chi connectivity index (χ1n) is 4.31. The monoisotopic (exact) mass is 326 g/mol. The SMILES string of the molecule is CCSCOc1c(C)cc(F)cc1I. The van der Waals surface area contributed by atoms with Crippen molar-refractivity contribution in [2.75, 3.05) is 11.7 Å². The summed E-state index contributed by atoms with van der Waals surface area (Å²) in [5, 5.41) is 0. The number of thioether (sulfide) groups is 1. The number of aryl methyl sites for hydroxylation is 1. The van der Waals surface area contributed by atoms with Crippen LogP contribution in [-0.2, 0) is 0 Å². The molecule has 1 rings (SSSR count). The Hall–Kier alpha value is 0.0300. The number of hydrogen-bond acceptors (Lipinski definition) is 2. The lowest BCUT2D eigenvalue weighted by Crippen LogP contribution is -1.98. The second-order valence-corrected chi connectivity index (χ2v) is 5.17. The third kappa shape index (κ3) is 3.31. The van der Waals surface area contributed by atoms with Crippen molar-refractivity contribution in [3.63, 3.8) is 0 Å². The molecule has 14 heavy (non-hydrogen) atoms. The van der Waals surface area contributed by atoms with Gasteiger partial charge in [-0.2, -0.15) is 0 Å². The zero-order valence-electron chi connectivity index (χ0n) is 8.14. The van der Waals surface area contributed by atoms with Crippen molar-refractivity contribution in [1.29, 1.82) is 0 Å². The topological polar surface area (TPSA) is 9.23 Å². The summed E-state index contributed by atoms with van der Waals surface area (Å²) < 4.78 is 19.3. The molecule has 1 nitrogen and oxygen atoms in total. The van der Waals surface area contributed by atoms with Crippen LogP contribution < -0.4 is 4.74 Å². The van der Waals surface area contributed by atoms with Crippen molar-refractivity contribution in [3.05, 3.63) is 27.1 Å². The summed E-state index contributed by atoms with van der Waals surface area (Å²) in [7, 11) is 0. The summed E-state index contributed by atoms with van der Waals surface area (Å²) in [4.78, 5) is 0. The van der Waals surface area contributed by atoms with E-state index in [2.05, 4.69) is 29.5 Å². The Morgan fingerprint density at radius 1 is 1.50 bits per heavy atom. The predicted molar refractivity (Wildman–Crippen MR) is 67.5 cm³/mol. The lowest BCUT2D eigenvalue weighted by Gasteiger charge is -2.10. The van der Waals surface area contributed by atoms with Gasteiger partial charge in [0.1, 0.15) is 17.5 Å². The molecule has 0 spiro atoms. The van der Waals surface area contributed by atoms with Crippen LogP contribution in [-0.4, -0.2) is 11.7 Å². The molecule has 0 aliphatic heterocycles. The average Bonchev–Trinajstić information content (AvgIpc) is 2.09. The lowest BCUT2D eigenvalue weighted by atomic mass is 10.2. The molecule has 0 aromatic heterocycles. The largest absolute Gasteiger partial charge is 0.482 e. The molecule has 0 bridgehead atoms. The van der Waals surface area contributed by atoms with E-state index >= 15 is 0 Å². The third-order valence-electron chi connectivity index (χ3n) is 1.68. The van der Waals surface area contributed by atoms with Crippen LogP contribution in [0, 0.1) is 16.3 Å².